The van der Waals surface area contributed by atoms with Gasteiger partial charge in [-0.15, -0.1) is 0 Å². The molecule has 0 spiro atoms. The smallest absolute Gasteiger partial charge is 0.129 e. The molecule has 0 amide bonds. The lowest BCUT2D eigenvalue weighted by atomic mass is 10.2. The van der Waals surface area contributed by atoms with Crippen LogP contribution in [0.1, 0.15) is 11.3 Å². The van der Waals surface area contributed by atoms with Gasteiger partial charge >= 0.3 is 0 Å². The van der Waals surface area contributed by atoms with Crippen LogP contribution >= 0.6 is 11.6 Å². The van der Waals surface area contributed by atoms with Crippen LogP contribution in [0.2, 0.25) is 5.02 Å². The summed E-state index contributed by atoms with van der Waals surface area (Å²) >= 11 is 5.99. The Labute approximate surface area is 111 Å². The van der Waals surface area contributed by atoms with Crippen molar-refractivity contribution < 1.29 is 4.39 Å². The number of hydrogen-bond donors (Lipinski definition) is 1. The number of nitrogens with zero attached hydrogens (tertiary/aromatic N) is 2. The van der Waals surface area contributed by atoms with Gasteiger partial charge in [-0.25, -0.2) is 9.37 Å². The van der Waals surface area contributed by atoms with Crippen molar-refractivity contribution in [3.63, 3.8) is 0 Å². The summed E-state index contributed by atoms with van der Waals surface area (Å²) in [6.45, 7) is 1.27. The van der Waals surface area contributed by atoms with Crippen molar-refractivity contribution in [3.05, 3.63) is 52.8 Å². The Morgan fingerprint density at radius 3 is 3.00 bits per heavy atom. The molecule has 2 aromatic rings. The first kappa shape index (κ1) is 13.1. The number of benzene rings is 1. The summed E-state index contributed by atoms with van der Waals surface area (Å²) in [6.07, 6.45) is 4.47. The Morgan fingerprint density at radius 1 is 1.44 bits per heavy atom. The van der Waals surface area contributed by atoms with Crippen LogP contribution in [0.3, 0.4) is 0 Å². The van der Waals surface area contributed by atoms with Crippen molar-refractivity contribution >= 4 is 11.6 Å². The van der Waals surface area contributed by atoms with E-state index < -0.39 is 0 Å². The average molecular weight is 268 g/mol. The maximum Gasteiger partial charge on any atom is 0.129 e. The molecule has 0 radical (unpaired) electrons. The van der Waals surface area contributed by atoms with Crippen LogP contribution in [-0.2, 0) is 13.0 Å². The molecule has 3 nitrogen and oxygen atoms in total. The van der Waals surface area contributed by atoms with Gasteiger partial charge in [-0.3, -0.25) is 0 Å². The molecule has 0 aliphatic carbocycles. The molecule has 0 unspecified atom stereocenters. The first-order valence-corrected chi connectivity index (χ1v) is 6.16. The van der Waals surface area contributed by atoms with Crippen molar-refractivity contribution in [2.24, 2.45) is 0 Å². The van der Waals surface area contributed by atoms with Crippen LogP contribution < -0.4 is 5.32 Å². The zero-order valence-electron chi connectivity index (χ0n) is 10.2. The summed E-state index contributed by atoms with van der Waals surface area (Å²) in [5, 5.41) is 3.51. The summed E-state index contributed by atoms with van der Waals surface area (Å²) in [5.41, 5.74) is 1.48. The molecule has 1 aromatic carbocycles. The molecule has 18 heavy (non-hydrogen) atoms. The average Bonchev–Trinajstić information content (AvgIpc) is 2.79. The molecule has 0 fully saturated rings. The van der Waals surface area contributed by atoms with E-state index in [1.54, 1.807) is 18.5 Å². The Hall–Kier alpha value is -1.39. The van der Waals surface area contributed by atoms with Gasteiger partial charge < -0.3 is 9.88 Å². The lowest BCUT2D eigenvalue weighted by Crippen LogP contribution is -2.10. The van der Waals surface area contributed by atoms with Gasteiger partial charge in [-0.1, -0.05) is 17.7 Å². The van der Waals surface area contributed by atoms with Crippen LogP contribution in [-0.4, -0.2) is 23.1 Å². The molecule has 1 N–H and O–H groups in total. The van der Waals surface area contributed by atoms with Crippen molar-refractivity contribution in [2.75, 3.05) is 13.6 Å². The van der Waals surface area contributed by atoms with E-state index in [2.05, 4.69) is 10.3 Å². The summed E-state index contributed by atoms with van der Waals surface area (Å²) in [4.78, 5) is 4.27. The van der Waals surface area contributed by atoms with E-state index in [9.17, 15) is 4.39 Å². The topological polar surface area (TPSA) is 29.9 Å². The van der Waals surface area contributed by atoms with E-state index in [0.29, 0.717) is 17.1 Å². The van der Waals surface area contributed by atoms with Gasteiger partial charge in [0, 0.05) is 29.7 Å². The van der Waals surface area contributed by atoms with Crippen LogP contribution in [0.4, 0.5) is 4.39 Å². The van der Waals surface area contributed by atoms with Crippen LogP contribution in [0, 0.1) is 5.82 Å². The number of halogens is 2. The fourth-order valence-corrected chi connectivity index (χ4v) is 1.96. The Balaban J connectivity index is 2.11. The third-order valence-corrected chi connectivity index (χ3v) is 3.07. The largest absolute Gasteiger partial charge is 0.333 e. The van der Waals surface area contributed by atoms with Crippen LogP contribution in [0.5, 0.6) is 0 Å². The quantitative estimate of drug-likeness (QED) is 0.902. The maximum atomic E-state index is 13.6. The fraction of sp³-hybridized carbons (Fsp3) is 0.308. The zero-order valence-corrected chi connectivity index (χ0v) is 10.9. The molecule has 5 heteroatoms. The Kier molecular flexibility index (Phi) is 4.33. The van der Waals surface area contributed by atoms with Gasteiger partial charge in [0.2, 0.25) is 0 Å². The van der Waals surface area contributed by atoms with E-state index in [1.165, 1.54) is 6.07 Å². The normalized spacial score (nSPS) is 10.8. The molecule has 2 rings (SSSR count). The van der Waals surface area contributed by atoms with Gasteiger partial charge in [-0.2, -0.15) is 0 Å². The third kappa shape index (κ3) is 3.09. The molecule has 0 atom stereocenters. The number of imidazole rings is 1. The number of aromatic nitrogens is 2. The van der Waals surface area contributed by atoms with E-state index in [-0.39, 0.29) is 5.82 Å². The van der Waals surface area contributed by atoms with Crippen molar-refractivity contribution in [2.45, 2.75) is 13.0 Å². The van der Waals surface area contributed by atoms with E-state index >= 15 is 0 Å². The third-order valence-electron chi connectivity index (χ3n) is 2.72. The minimum absolute atomic E-state index is 0.284. The maximum absolute atomic E-state index is 13.6. The van der Waals surface area contributed by atoms with E-state index in [1.807, 2.05) is 17.8 Å². The minimum Gasteiger partial charge on any atom is -0.333 e. The highest BCUT2D eigenvalue weighted by Crippen LogP contribution is 2.20. The summed E-state index contributed by atoms with van der Waals surface area (Å²) in [7, 11) is 1.90. The standard InChI is InChI=1S/C13H15ClFN3/c1-16-6-5-10-7-18(9-17-10)8-11-12(14)3-2-4-13(11)15/h2-4,7,9,16H,5-6,8H2,1H3. The molecule has 1 heterocycles. The van der Waals surface area contributed by atoms with Crippen molar-refractivity contribution in [3.8, 4) is 0 Å². The number of hydrogen-bond acceptors (Lipinski definition) is 2. The summed E-state index contributed by atoms with van der Waals surface area (Å²) in [6, 6.07) is 4.71. The summed E-state index contributed by atoms with van der Waals surface area (Å²) in [5.74, 6) is -0.284. The molecular weight excluding hydrogens is 253 g/mol. The van der Waals surface area contributed by atoms with Gasteiger partial charge in [0.25, 0.3) is 0 Å². The second-order valence-electron chi connectivity index (χ2n) is 4.09. The van der Waals surface area contributed by atoms with Gasteiger partial charge in [-0.05, 0) is 19.2 Å². The second-order valence-corrected chi connectivity index (χ2v) is 4.50. The Bertz CT molecular complexity index is 504. The molecule has 0 aliphatic heterocycles. The van der Waals surface area contributed by atoms with E-state index in [4.69, 9.17) is 11.6 Å². The predicted molar refractivity (Wildman–Crippen MR) is 70.4 cm³/mol. The van der Waals surface area contributed by atoms with E-state index in [0.717, 1.165) is 18.7 Å². The van der Waals surface area contributed by atoms with Crippen LogP contribution in [0.25, 0.3) is 0 Å². The molecule has 0 saturated heterocycles. The van der Waals surface area contributed by atoms with Gasteiger partial charge in [0.05, 0.1) is 18.6 Å². The monoisotopic (exact) mass is 267 g/mol. The molecule has 0 saturated carbocycles. The predicted octanol–water partition coefficient (Wildman–Crippen LogP) is 2.49. The Morgan fingerprint density at radius 2 is 2.28 bits per heavy atom. The van der Waals surface area contributed by atoms with Gasteiger partial charge in [0.15, 0.2) is 0 Å². The number of likely N-dealkylation sites (N-methyl/N-ethyl adjacent to an activating group) is 1. The molecule has 1 aromatic heterocycles. The summed E-state index contributed by atoms with van der Waals surface area (Å²) < 4.78 is 15.5. The minimum atomic E-state index is -0.284. The molecular formula is C13H15ClFN3. The molecule has 0 aliphatic rings. The van der Waals surface area contributed by atoms with Crippen molar-refractivity contribution in [1.82, 2.24) is 14.9 Å². The lowest BCUT2D eigenvalue weighted by molar-refractivity contribution is 0.599. The number of rotatable bonds is 5. The second kappa shape index (κ2) is 5.98. The van der Waals surface area contributed by atoms with Crippen LogP contribution in [0.15, 0.2) is 30.7 Å². The molecule has 0 bridgehead atoms. The lowest BCUT2D eigenvalue weighted by Gasteiger charge is -2.06. The number of nitrogens with one attached hydrogen (secondary N) is 1. The zero-order chi connectivity index (χ0) is 13.0. The van der Waals surface area contributed by atoms with Crippen molar-refractivity contribution in [1.29, 1.82) is 0 Å². The highest BCUT2D eigenvalue weighted by molar-refractivity contribution is 6.31. The first-order chi connectivity index (χ1) is 8.70. The van der Waals surface area contributed by atoms with Gasteiger partial charge in [0.1, 0.15) is 5.82 Å². The molecule has 96 valence electrons. The highest BCUT2D eigenvalue weighted by Gasteiger charge is 2.08. The fourth-order valence-electron chi connectivity index (χ4n) is 1.74. The first-order valence-electron chi connectivity index (χ1n) is 5.79. The highest BCUT2D eigenvalue weighted by atomic mass is 35.5. The SMILES string of the molecule is CNCCc1cn(Cc2c(F)cccc2Cl)cn1.